The number of carbonyl (C=O) groups excluding carboxylic acids is 3. The minimum Gasteiger partial charge on any atom is -0.380 e. The maximum atomic E-state index is 13.2. The summed E-state index contributed by atoms with van der Waals surface area (Å²) in [6.07, 6.45) is -3.16. The Hall–Kier alpha value is -4.00. The number of nitrogens with zero attached hydrogens (tertiary/aromatic N) is 3. The van der Waals surface area contributed by atoms with E-state index in [0.29, 0.717) is 41.2 Å². The zero-order chi connectivity index (χ0) is 24.5. The molecule has 2 saturated heterocycles. The highest BCUT2D eigenvalue weighted by Gasteiger charge is 2.39. The van der Waals surface area contributed by atoms with Crippen molar-refractivity contribution in [3.63, 3.8) is 0 Å². The largest absolute Gasteiger partial charge is 0.380 e. The first-order valence-electron chi connectivity index (χ1n) is 11.0. The molecule has 2 atom stereocenters. The molecule has 2 aliphatic rings. The third-order valence-electron chi connectivity index (χ3n) is 5.88. The van der Waals surface area contributed by atoms with Gasteiger partial charge in [-0.3, -0.25) is 14.4 Å². The van der Waals surface area contributed by atoms with Gasteiger partial charge in [-0.05, 0) is 30.3 Å². The van der Waals surface area contributed by atoms with Crippen LogP contribution in [0.25, 0.3) is 11.0 Å². The molecule has 0 unspecified atom stereocenters. The first kappa shape index (κ1) is 22.8. The van der Waals surface area contributed by atoms with Gasteiger partial charge in [-0.15, -0.1) is 0 Å². The summed E-state index contributed by atoms with van der Waals surface area (Å²) in [6, 6.07) is 11.7. The molecule has 0 spiro atoms. The Balaban J connectivity index is 1.30. The SMILES string of the molecule is Nc1noc2cc(NC(=O)[C@H](O)[C@H]3OCCN(c4cccc(N5CCOCC5=O)c4)C3=O)ccc12. The second kappa shape index (κ2) is 9.33. The third-order valence-corrected chi connectivity index (χ3v) is 5.88. The molecule has 5 rings (SSSR count). The molecule has 0 bridgehead atoms. The van der Waals surface area contributed by atoms with E-state index in [9.17, 15) is 19.5 Å². The lowest BCUT2D eigenvalue weighted by Crippen LogP contribution is -2.55. The number of nitrogens with two attached hydrogens (primary N) is 1. The number of aromatic nitrogens is 1. The Morgan fingerprint density at radius 3 is 2.69 bits per heavy atom. The second-order valence-electron chi connectivity index (χ2n) is 8.11. The second-order valence-corrected chi connectivity index (χ2v) is 8.11. The Bertz CT molecular complexity index is 1290. The number of nitrogen functional groups attached to an aromatic ring is 1. The lowest BCUT2D eigenvalue weighted by Gasteiger charge is -2.35. The first-order valence-corrected chi connectivity index (χ1v) is 11.0. The van der Waals surface area contributed by atoms with Gasteiger partial charge in [0.25, 0.3) is 17.7 Å². The van der Waals surface area contributed by atoms with Crippen molar-refractivity contribution in [1.29, 1.82) is 0 Å². The summed E-state index contributed by atoms with van der Waals surface area (Å²) in [5.41, 5.74) is 7.55. The summed E-state index contributed by atoms with van der Waals surface area (Å²) < 4.78 is 15.7. The highest BCUT2D eigenvalue weighted by atomic mass is 16.5. The van der Waals surface area contributed by atoms with Crippen molar-refractivity contribution < 1.29 is 33.5 Å². The summed E-state index contributed by atoms with van der Waals surface area (Å²) in [6.45, 7) is 1.18. The summed E-state index contributed by atoms with van der Waals surface area (Å²) in [4.78, 5) is 41.1. The van der Waals surface area contributed by atoms with E-state index in [1.165, 1.54) is 11.0 Å². The van der Waals surface area contributed by atoms with Crippen LogP contribution in [0.1, 0.15) is 0 Å². The van der Waals surface area contributed by atoms with Crippen LogP contribution in [-0.4, -0.2) is 73.1 Å². The highest BCUT2D eigenvalue weighted by molar-refractivity contribution is 6.05. The molecule has 2 aromatic carbocycles. The molecule has 12 nitrogen and oxygen atoms in total. The summed E-state index contributed by atoms with van der Waals surface area (Å²) in [7, 11) is 0. The Morgan fingerprint density at radius 1 is 1.11 bits per heavy atom. The number of aliphatic hydroxyl groups is 1. The van der Waals surface area contributed by atoms with Crippen molar-refractivity contribution in [3.8, 4) is 0 Å². The number of hydrogen-bond acceptors (Lipinski definition) is 9. The number of anilines is 4. The number of carbonyl (C=O) groups is 3. The van der Waals surface area contributed by atoms with Gasteiger partial charge in [0.05, 0.1) is 18.6 Å². The average Bonchev–Trinajstić information content (AvgIpc) is 3.24. The van der Waals surface area contributed by atoms with E-state index in [-0.39, 0.29) is 31.5 Å². The van der Waals surface area contributed by atoms with Gasteiger partial charge in [0.15, 0.2) is 23.6 Å². The van der Waals surface area contributed by atoms with Crippen molar-refractivity contribution in [2.45, 2.75) is 12.2 Å². The molecule has 3 heterocycles. The molecule has 4 N–H and O–H groups in total. The number of hydrogen-bond donors (Lipinski definition) is 3. The number of ether oxygens (including phenoxy) is 2. The summed E-state index contributed by atoms with van der Waals surface area (Å²) in [5.74, 6) is -1.33. The zero-order valence-electron chi connectivity index (χ0n) is 18.5. The fourth-order valence-electron chi connectivity index (χ4n) is 4.10. The van der Waals surface area contributed by atoms with Crippen molar-refractivity contribution in [3.05, 3.63) is 42.5 Å². The Kier molecular flexibility index (Phi) is 6.07. The third kappa shape index (κ3) is 4.41. The summed E-state index contributed by atoms with van der Waals surface area (Å²) in [5, 5.41) is 17.4. The van der Waals surface area contributed by atoms with Gasteiger partial charge in [-0.2, -0.15) is 0 Å². The quantitative estimate of drug-likeness (QED) is 0.471. The molecule has 0 aliphatic carbocycles. The first-order chi connectivity index (χ1) is 16.9. The van der Waals surface area contributed by atoms with E-state index in [0.717, 1.165) is 0 Å². The van der Waals surface area contributed by atoms with Gasteiger partial charge in [0.2, 0.25) is 0 Å². The van der Waals surface area contributed by atoms with Crippen molar-refractivity contribution in [2.24, 2.45) is 0 Å². The maximum absolute atomic E-state index is 13.2. The predicted octanol–water partition coefficient (Wildman–Crippen LogP) is 0.505. The smallest absolute Gasteiger partial charge is 0.259 e. The molecule has 1 aromatic heterocycles. The highest BCUT2D eigenvalue weighted by Crippen LogP contribution is 2.27. The molecule has 35 heavy (non-hydrogen) atoms. The number of aliphatic hydroxyl groups excluding tert-OH is 1. The predicted molar refractivity (Wildman–Crippen MR) is 125 cm³/mol. The number of morpholine rings is 2. The zero-order valence-corrected chi connectivity index (χ0v) is 18.5. The van der Waals surface area contributed by atoms with Crippen LogP contribution in [0.5, 0.6) is 0 Å². The topological polar surface area (TPSA) is 160 Å². The van der Waals surface area contributed by atoms with Crippen LogP contribution < -0.4 is 20.9 Å². The van der Waals surface area contributed by atoms with E-state index < -0.39 is 24.0 Å². The van der Waals surface area contributed by atoms with Crippen LogP contribution in [-0.2, 0) is 23.9 Å². The van der Waals surface area contributed by atoms with Gasteiger partial charge >= 0.3 is 0 Å². The van der Waals surface area contributed by atoms with Crippen LogP contribution in [0.15, 0.2) is 47.0 Å². The van der Waals surface area contributed by atoms with E-state index in [1.54, 1.807) is 41.3 Å². The van der Waals surface area contributed by atoms with Crippen LogP contribution >= 0.6 is 0 Å². The monoisotopic (exact) mass is 481 g/mol. The molecule has 182 valence electrons. The number of fused-ring (bicyclic) bond motifs is 1. The standard InChI is InChI=1S/C23H23N5O7/c24-21-16-5-4-13(10-17(16)35-26-21)25-22(31)19(30)20-23(32)28(7-9-34-20)15-3-1-2-14(11-15)27-6-8-33-12-18(27)29/h1-5,10-11,19-20,30H,6-9,12H2,(H2,24,26)(H,25,31)/t19-,20-/m1/s1. The van der Waals surface area contributed by atoms with Crippen molar-refractivity contribution in [1.82, 2.24) is 5.16 Å². The number of amides is 3. The van der Waals surface area contributed by atoms with Gasteiger partial charge in [-0.25, -0.2) is 0 Å². The Morgan fingerprint density at radius 2 is 1.89 bits per heavy atom. The molecule has 12 heteroatoms. The van der Waals surface area contributed by atoms with Gasteiger partial charge in [0.1, 0.15) is 6.61 Å². The van der Waals surface area contributed by atoms with Gasteiger partial charge in [0, 0.05) is 36.2 Å². The van der Waals surface area contributed by atoms with Crippen molar-refractivity contribution in [2.75, 3.05) is 53.8 Å². The van der Waals surface area contributed by atoms with Crippen molar-refractivity contribution >= 4 is 51.6 Å². The fraction of sp³-hybridized carbons (Fsp3) is 0.304. The maximum Gasteiger partial charge on any atom is 0.259 e. The number of rotatable bonds is 5. The molecular formula is C23H23N5O7. The fourth-order valence-corrected chi connectivity index (χ4v) is 4.10. The molecule has 2 aliphatic heterocycles. The minimum absolute atomic E-state index is 0.000838. The molecule has 2 fully saturated rings. The van der Waals surface area contributed by atoms with Crippen LogP contribution in [0.3, 0.4) is 0 Å². The lowest BCUT2D eigenvalue weighted by atomic mass is 10.1. The van der Waals surface area contributed by atoms with Crippen LogP contribution in [0, 0.1) is 0 Å². The molecule has 0 radical (unpaired) electrons. The van der Waals surface area contributed by atoms with Gasteiger partial charge in [-0.1, -0.05) is 11.2 Å². The minimum atomic E-state index is -1.76. The van der Waals surface area contributed by atoms with E-state index >= 15 is 0 Å². The molecular weight excluding hydrogens is 458 g/mol. The normalized spacial score (nSPS) is 19.7. The van der Waals surface area contributed by atoms with Crippen LogP contribution in [0.2, 0.25) is 0 Å². The Labute approximate surface area is 199 Å². The number of benzene rings is 2. The molecule has 3 aromatic rings. The molecule has 0 saturated carbocycles. The van der Waals surface area contributed by atoms with E-state index in [4.69, 9.17) is 19.7 Å². The van der Waals surface area contributed by atoms with E-state index in [1.807, 2.05) is 0 Å². The average molecular weight is 481 g/mol. The van der Waals surface area contributed by atoms with Gasteiger partial charge < -0.3 is 40.0 Å². The molecule has 3 amide bonds. The number of nitrogens with one attached hydrogen (secondary N) is 1. The van der Waals surface area contributed by atoms with E-state index in [2.05, 4.69) is 10.5 Å². The lowest BCUT2D eigenvalue weighted by molar-refractivity contribution is -0.150. The van der Waals surface area contributed by atoms with Crippen LogP contribution in [0.4, 0.5) is 22.9 Å². The summed E-state index contributed by atoms with van der Waals surface area (Å²) >= 11 is 0.